The number of nitrogens with zero attached hydrogens (tertiary/aromatic N) is 2. The molecule has 24 heavy (non-hydrogen) atoms. The van der Waals surface area contributed by atoms with E-state index in [1.807, 2.05) is 30.3 Å². The Morgan fingerprint density at radius 1 is 1.17 bits per heavy atom. The second-order valence-corrected chi connectivity index (χ2v) is 6.17. The number of aromatic amines is 1. The van der Waals surface area contributed by atoms with Crippen LogP contribution in [-0.4, -0.2) is 32.6 Å². The van der Waals surface area contributed by atoms with Gasteiger partial charge in [-0.2, -0.15) is 0 Å². The lowest BCUT2D eigenvalue weighted by Crippen LogP contribution is -2.47. The molecule has 4 atom stereocenters. The molecule has 1 saturated carbocycles. The van der Waals surface area contributed by atoms with Crippen LogP contribution in [0.2, 0.25) is 0 Å². The summed E-state index contributed by atoms with van der Waals surface area (Å²) >= 11 is 0. The van der Waals surface area contributed by atoms with Crippen molar-refractivity contribution in [3.8, 4) is 0 Å². The number of oxime groups is 1. The monoisotopic (exact) mass is 327 g/mol. The van der Waals surface area contributed by atoms with Gasteiger partial charge < -0.3 is 9.94 Å². The summed E-state index contributed by atoms with van der Waals surface area (Å²) < 4.78 is 1.51. The van der Waals surface area contributed by atoms with E-state index in [9.17, 15) is 14.7 Å². The van der Waals surface area contributed by atoms with Crippen LogP contribution in [0.25, 0.3) is 0 Å². The molecule has 0 unspecified atom stereocenters. The first-order valence-corrected chi connectivity index (χ1v) is 7.94. The molecule has 7 nitrogen and oxygen atoms in total. The minimum atomic E-state index is -0.630. The number of hydrogen-bond acceptors (Lipinski definition) is 5. The van der Waals surface area contributed by atoms with Crippen LogP contribution in [0.15, 0.2) is 57.3 Å². The van der Waals surface area contributed by atoms with E-state index in [1.165, 1.54) is 16.8 Å². The number of nitrogens with one attached hydrogen (secondary N) is 1. The highest BCUT2D eigenvalue weighted by Gasteiger charge is 2.48. The van der Waals surface area contributed by atoms with Crippen LogP contribution in [0, 0.1) is 5.92 Å². The summed E-state index contributed by atoms with van der Waals surface area (Å²) in [6, 6.07) is 10.7. The first-order chi connectivity index (χ1) is 11.6. The number of rotatable bonds is 2. The maximum atomic E-state index is 12.2. The summed E-state index contributed by atoms with van der Waals surface area (Å²) in [4.78, 5) is 31.3. The molecule has 2 N–H and O–H groups in total. The van der Waals surface area contributed by atoms with E-state index in [-0.39, 0.29) is 12.0 Å². The van der Waals surface area contributed by atoms with Gasteiger partial charge in [-0.1, -0.05) is 35.5 Å². The van der Waals surface area contributed by atoms with Gasteiger partial charge in [-0.3, -0.25) is 14.3 Å². The van der Waals surface area contributed by atoms with Gasteiger partial charge in [-0.25, -0.2) is 4.79 Å². The van der Waals surface area contributed by atoms with Crippen LogP contribution in [0.4, 0.5) is 0 Å². The third-order valence-electron chi connectivity index (χ3n) is 4.77. The van der Waals surface area contributed by atoms with Crippen LogP contribution in [0.5, 0.6) is 0 Å². The average molecular weight is 327 g/mol. The van der Waals surface area contributed by atoms with Gasteiger partial charge in [-0.15, -0.1) is 0 Å². The normalized spacial score (nSPS) is 28.8. The molecule has 1 aromatic heterocycles. The molecular weight excluding hydrogens is 310 g/mol. The first-order valence-electron chi connectivity index (χ1n) is 7.94. The van der Waals surface area contributed by atoms with Crippen molar-refractivity contribution in [3.05, 3.63) is 69.0 Å². The van der Waals surface area contributed by atoms with Crippen molar-refractivity contribution >= 4 is 5.71 Å². The Labute approximate surface area is 137 Å². The molecule has 2 aromatic rings. The zero-order valence-electron chi connectivity index (χ0n) is 12.8. The molecule has 0 spiro atoms. The second kappa shape index (κ2) is 5.76. The quantitative estimate of drug-likeness (QED) is 0.846. The maximum absolute atomic E-state index is 12.2. The third-order valence-corrected chi connectivity index (χ3v) is 4.77. The van der Waals surface area contributed by atoms with E-state index in [4.69, 9.17) is 4.84 Å². The van der Waals surface area contributed by atoms with Crippen molar-refractivity contribution in [2.24, 2.45) is 11.1 Å². The molecule has 2 aliphatic rings. The van der Waals surface area contributed by atoms with Gasteiger partial charge in [0.25, 0.3) is 5.56 Å². The minimum Gasteiger partial charge on any atom is -0.389 e. The number of aliphatic hydroxyl groups is 1. The summed E-state index contributed by atoms with van der Waals surface area (Å²) in [7, 11) is 0. The van der Waals surface area contributed by atoms with E-state index >= 15 is 0 Å². The number of aromatic nitrogens is 2. The van der Waals surface area contributed by atoms with E-state index < -0.39 is 23.5 Å². The van der Waals surface area contributed by atoms with Gasteiger partial charge in [0.15, 0.2) is 6.10 Å². The fraction of sp³-hybridized carbons (Fsp3) is 0.353. The smallest absolute Gasteiger partial charge is 0.328 e. The Morgan fingerprint density at radius 2 is 1.96 bits per heavy atom. The second-order valence-electron chi connectivity index (χ2n) is 6.17. The topological polar surface area (TPSA) is 96.7 Å². The molecule has 0 radical (unpaired) electrons. The van der Waals surface area contributed by atoms with Crippen LogP contribution in [-0.2, 0) is 4.84 Å². The SMILES string of the molecule is O=c1ccn([C@H]2CC[C@@H](O)[C@@H]3ON=C(c4ccccc4)[C@@H]32)c(=O)[nH]1. The number of aliphatic hydroxyl groups excluding tert-OH is 1. The predicted octanol–water partition coefficient (Wildman–Crippen LogP) is 0.652. The lowest BCUT2D eigenvalue weighted by molar-refractivity contribution is -0.0681. The van der Waals surface area contributed by atoms with Gasteiger partial charge in [0, 0.05) is 12.3 Å². The lowest BCUT2D eigenvalue weighted by atomic mass is 9.76. The number of fused-ring (bicyclic) bond motifs is 1. The Morgan fingerprint density at radius 3 is 2.71 bits per heavy atom. The summed E-state index contributed by atoms with van der Waals surface area (Å²) in [5, 5.41) is 14.5. The molecule has 1 aromatic carbocycles. The zero-order valence-corrected chi connectivity index (χ0v) is 12.8. The summed E-state index contributed by atoms with van der Waals surface area (Å²) in [5.74, 6) is -0.250. The predicted molar refractivity (Wildman–Crippen MR) is 86.9 cm³/mol. The van der Waals surface area contributed by atoms with Crippen molar-refractivity contribution < 1.29 is 9.94 Å². The fourth-order valence-corrected chi connectivity index (χ4v) is 3.65. The van der Waals surface area contributed by atoms with Gasteiger partial charge in [0.05, 0.1) is 23.8 Å². The summed E-state index contributed by atoms with van der Waals surface area (Å²) in [5.41, 5.74) is 0.745. The molecular formula is C17H17N3O4. The molecule has 1 fully saturated rings. The lowest BCUT2D eigenvalue weighted by Gasteiger charge is -2.36. The van der Waals surface area contributed by atoms with Crippen molar-refractivity contribution in [3.63, 3.8) is 0 Å². The molecule has 0 bridgehead atoms. The molecule has 4 rings (SSSR count). The summed E-state index contributed by atoms with van der Waals surface area (Å²) in [6.45, 7) is 0. The Hall–Kier alpha value is -2.67. The van der Waals surface area contributed by atoms with Gasteiger partial charge in [-0.05, 0) is 18.4 Å². The fourth-order valence-electron chi connectivity index (χ4n) is 3.65. The highest BCUT2D eigenvalue weighted by molar-refractivity contribution is 6.03. The number of hydrogen-bond donors (Lipinski definition) is 2. The minimum absolute atomic E-state index is 0.232. The van der Waals surface area contributed by atoms with Crippen molar-refractivity contribution in [2.45, 2.75) is 31.1 Å². The average Bonchev–Trinajstić information content (AvgIpc) is 3.03. The molecule has 7 heteroatoms. The van der Waals surface area contributed by atoms with E-state index in [1.54, 1.807) is 0 Å². The molecule has 1 aliphatic heterocycles. The highest BCUT2D eigenvalue weighted by atomic mass is 16.7. The van der Waals surface area contributed by atoms with Crippen LogP contribution in [0.1, 0.15) is 24.4 Å². The number of H-pyrrole nitrogens is 1. The first kappa shape index (κ1) is 14.9. The largest absolute Gasteiger partial charge is 0.389 e. The Kier molecular flexibility index (Phi) is 3.57. The molecule has 0 amide bonds. The van der Waals surface area contributed by atoms with E-state index in [2.05, 4.69) is 10.1 Å². The zero-order chi connectivity index (χ0) is 16.7. The van der Waals surface area contributed by atoms with Crippen LogP contribution in [0.3, 0.4) is 0 Å². The van der Waals surface area contributed by atoms with Gasteiger partial charge in [0.2, 0.25) is 0 Å². The van der Waals surface area contributed by atoms with Gasteiger partial charge >= 0.3 is 5.69 Å². The van der Waals surface area contributed by atoms with Crippen LogP contribution < -0.4 is 11.2 Å². The molecule has 1 aliphatic carbocycles. The standard InChI is InChI=1S/C17H17N3O4/c21-12-7-6-11(20-9-8-13(22)18-17(20)23)14-15(19-24-16(12)14)10-4-2-1-3-5-10/h1-5,8-9,11-12,14,16,21H,6-7H2,(H,18,22,23)/t11-,12+,14-,16-/m0/s1. The van der Waals surface area contributed by atoms with E-state index in [0.29, 0.717) is 12.8 Å². The van der Waals surface area contributed by atoms with Crippen molar-refractivity contribution in [2.75, 3.05) is 0 Å². The Bertz CT molecular complexity index is 886. The maximum Gasteiger partial charge on any atom is 0.328 e. The van der Waals surface area contributed by atoms with Crippen molar-refractivity contribution in [1.82, 2.24) is 9.55 Å². The van der Waals surface area contributed by atoms with Gasteiger partial charge in [0.1, 0.15) is 0 Å². The highest BCUT2D eigenvalue weighted by Crippen LogP contribution is 2.41. The molecule has 2 heterocycles. The third kappa shape index (κ3) is 2.37. The Balaban J connectivity index is 1.78. The summed E-state index contributed by atoms with van der Waals surface area (Å²) in [6.07, 6.45) is 1.49. The molecule has 124 valence electrons. The molecule has 0 saturated heterocycles. The van der Waals surface area contributed by atoms with E-state index in [0.717, 1.165) is 11.3 Å². The number of benzene rings is 1. The van der Waals surface area contributed by atoms with Crippen molar-refractivity contribution in [1.29, 1.82) is 0 Å². The van der Waals surface area contributed by atoms with Crippen LogP contribution >= 0.6 is 0 Å².